The number of carbonyl (C=O) groups excluding carboxylic acids is 1. The van der Waals surface area contributed by atoms with E-state index < -0.39 is 4.92 Å². The molecule has 2 aromatic carbocycles. The second-order valence-electron chi connectivity index (χ2n) is 4.18. The number of hydrogen-bond donors (Lipinski definition) is 1. The minimum Gasteiger partial charge on any atom is -0.323 e. The molecule has 0 aliphatic heterocycles. The van der Waals surface area contributed by atoms with Crippen LogP contribution in [0.3, 0.4) is 0 Å². The highest BCUT2D eigenvalue weighted by molar-refractivity contribution is 9.10. The first kappa shape index (κ1) is 14.9. The van der Waals surface area contributed by atoms with E-state index in [0.29, 0.717) is 11.3 Å². The van der Waals surface area contributed by atoms with Crippen LogP contribution in [0.2, 0.25) is 0 Å². The number of halogens is 1. The number of amides is 1. The number of anilines is 1. The minimum atomic E-state index is -0.473. The second-order valence-corrected chi connectivity index (χ2v) is 5.10. The standard InChI is InChI=1S/C15H11BrN2O3/c16-12-5-7-13(8-6-12)17-15(19)9-4-11-2-1-3-14(10-11)18(20)21/h1-10H,(H,17,19)/b9-4-. The van der Waals surface area contributed by atoms with E-state index in [2.05, 4.69) is 21.2 Å². The van der Waals surface area contributed by atoms with E-state index in [1.54, 1.807) is 24.3 Å². The molecule has 6 heteroatoms. The zero-order valence-corrected chi connectivity index (χ0v) is 12.4. The Morgan fingerprint density at radius 2 is 1.90 bits per heavy atom. The van der Waals surface area contributed by atoms with Crippen LogP contribution in [0.5, 0.6) is 0 Å². The summed E-state index contributed by atoms with van der Waals surface area (Å²) in [7, 11) is 0. The van der Waals surface area contributed by atoms with Crippen molar-refractivity contribution in [3.63, 3.8) is 0 Å². The molecule has 5 nitrogen and oxygen atoms in total. The minimum absolute atomic E-state index is 0.00883. The Morgan fingerprint density at radius 3 is 2.57 bits per heavy atom. The van der Waals surface area contributed by atoms with Gasteiger partial charge in [-0.1, -0.05) is 28.1 Å². The molecule has 0 fully saturated rings. The Kier molecular flexibility index (Phi) is 4.84. The second kappa shape index (κ2) is 6.81. The summed E-state index contributed by atoms with van der Waals surface area (Å²) in [6, 6.07) is 13.2. The predicted octanol–water partition coefficient (Wildman–Crippen LogP) is 4.01. The zero-order chi connectivity index (χ0) is 15.2. The monoisotopic (exact) mass is 346 g/mol. The van der Waals surface area contributed by atoms with Crippen LogP contribution in [0.1, 0.15) is 5.56 Å². The summed E-state index contributed by atoms with van der Waals surface area (Å²) >= 11 is 3.31. The number of nitro groups is 1. The fraction of sp³-hybridized carbons (Fsp3) is 0. The molecular formula is C15H11BrN2O3. The molecule has 0 spiro atoms. The van der Waals surface area contributed by atoms with E-state index in [0.717, 1.165) is 4.47 Å². The van der Waals surface area contributed by atoms with E-state index >= 15 is 0 Å². The number of hydrogen-bond acceptors (Lipinski definition) is 3. The van der Waals surface area contributed by atoms with Crippen molar-refractivity contribution in [2.75, 3.05) is 5.32 Å². The fourth-order valence-corrected chi connectivity index (χ4v) is 1.90. The van der Waals surface area contributed by atoms with Crippen molar-refractivity contribution in [3.8, 4) is 0 Å². The van der Waals surface area contributed by atoms with Crippen molar-refractivity contribution in [1.29, 1.82) is 0 Å². The molecule has 0 aliphatic rings. The number of rotatable bonds is 4. The maximum atomic E-state index is 11.7. The highest BCUT2D eigenvalue weighted by atomic mass is 79.9. The summed E-state index contributed by atoms with van der Waals surface area (Å²) in [5.41, 5.74) is 1.26. The molecule has 0 bridgehead atoms. The van der Waals surface area contributed by atoms with Crippen molar-refractivity contribution in [3.05, 3.63) is 74.8 Å². The Bertz CT molecular complexity index is 696. The Balaban J connectivity index is 2.03. The molecule has 1 N–H and O–H groups in total. The molecule has 0 unspecified atom stereocenters. The number of nitrogens with one attached hydrogen (secondary N) is 1. The maximum absolute atomic E-state index is 11.7. The van der Waals surface area contributed by atoms with Crippen molar-refractivity contribution in [2.45, 2.75) is 0 Å². The van der Waals surface area contributed by atoms with Gasteiger partial charge in [0.1, 0.15) is 0 Å². The molecule has 1 amide bonds. The van der Waals surface area contributed by atoms with Crippen LogP contribution in [0.15, 0.2) is 59.1 Å². The van der Waals surface area contributed by atoms with Crippen molar-refractivity contribution < 1.29 is 9.72 Å². The lowest BCUT2D eigenvalue weighted by Crippen LogP contribution is -2.07. The molecule has 0 aromatic heterocycles. The van der Waals surface area contributed by atoms with Crippen LogP contribution < -0.4 is 5.32 Å². The van der Waals surface area contributed by atoms with E-state index in [-0.39, 0.29) is 11.6 Å². The number of nitro benzene ring substituents is 1. The lowest BCUT2D eigenvalue weighted by atomic mass is 10.2. The first-order chi connectivity index (χ1) is 10.0. The Hall–Kier alpha value is -2.47. The number of non-ortho nitro benzene ring substituents is 1. The summed E-state index contributed by atoms with van der Waals surface area (Å²) in [6.07, 6.45) is 2.86. The van der Waals surface area contributed by atoms with Crippen LogP contribution in [0.25, 0.3) is 6.08 Å². The average Bonchev–Trinajstić information content (AvgIpc) is 2.48. The molecule has 0 atom stereocenters. The maximum Gasteiger partial charge on any atom is 0.270 e. The highest BCUT2D eigenvalue weighted by Crippen LogP contribution is 2.15. The third-order valence-corrected chi connectivity index (χ3v) is 3.15. The Morgan fingerprint density at radius 1 is 1.19 bits per heavy atom. The normalized spacial score (nSPS) is 10.5. The molecule has 0 radical (unpaired) electrons. The molecular weight excluding hydrogens is 336 g/mol. The first-order valence-corrected chi connectivity index (χ1v) is 6.83. The molecule has 2 aromatic rings. The molecule has 0 heterocycles. The summed E-state index contributed by atoms with van der Waals surface area (Å²) in [6.45, 7) is 0. The number of carbonyl (C=O) groups is 1. The van der Waals surface area contributed by atoms with E-state index in [1.165, 1.54) is 24.3 Å². The third-order valence-electron chi connectivity index (χ3n) is 2.62. The summed E-state index contributed by atoms with van der Waals surface area (Å²) in [5.74, 6) is -0.302. The summed E-state index contributed by atoms with van der Waals surface area (Å²) in [5, 5.41) is 13.4. The average molecular weight is 347 g/mol. The van der Waals surface area contributed by atoms with Gasteiger partial charge in [-0.25, -0.2) is 0 Å². The van der Waals surface area contributed by atoms with Gasteiger partial charge in [-0.15, -0.1) is 0 Å². The van der Waals surface area contributed by atoms with Crippen molar-refractivity contribution in [1.82, 2.24) is 0 Å². The van der Waals surface area contributed by atoms with Crippen LogP contribution in [-0.2, 0) is 4.79 Å². The topological polar surface area (TPSA) is 72.2 Å². The molecule has 0 saturated heterocycles. The third kappa shape index (κ3) is 4.54. The SMILES string of the molecule is O=C(/C=C\c1cccc([N+](=O)[O-])c1)Nc1ccc(Br)cc1. The summed E-state index contributed by atoms with van der Waals surface area (Å²) in [4.78, 5) is 21.9. The van der Waals surface area contributed by atoms with Gasteiger partial charge in [0.2, 0.25) is 5.91 Å². The van der Waals surface area contributed by atoms with Crippen molar-refractivity contribution >= 4 is 39.3 Å². The molecule has 0 saturated carbocycles. The van der Waals surface area contributed by atoms with Crippen LogP contribution >= 0.6 is 15.9 Å². The molecule has 21 heavy (non-hydrogen) atoms. The van der Waals surface area contributed by atoms with Crippen LogP contribution in [-0.4, -0.2) is 10.8 Å². The predicted molar refractivity (Wildman–Crippen MR) is 84.9 cm³/mol. The van der Waals surface area contributed by atoms with E-state index in [4.69, 9.17) is 0 Å². The van der Waals surface area contributed by atoms with Gasteiger partial charge in [-0.3, -0.25) is 14.9 Å². The van der Waals surface area contributed by atoms with Gasteiger partial charge in [0.25, 0.3) is 5.69 Å². The van der Waals surface area contributed by atoms with Gasteiger partial charge in [0.15, 0.2) is 0 Å². The van der Waals surface area contributed by atoms with Crippen LogP contribution in [0, 0.1) is 10.1 Å². The van der Waals surface area contributed by atoms with Gasteiger partial charge < -0.3 is 5.32 Å². The highest BCUT2D eigenvalue weighted by Gasteiger charge is 2.04. The van der Waals surface area contributed by atoms with Crippen molar-refractivity contribution in [2.24, 2.45) is 0 Å². The quantitative estimate of drug-likeness (QED) is 0.516. The van der Waals surface area contributed by atoms with Crippen LogP contribution in [0.4, 0.5) is 11.4 Å². The molecule has 2 rings (SSSR count). The van der Waals surface area contributed by atoms with E-state index in [1.807, 2.05) is 12.1 Å². The van der Waals surface area contributed by atoms with Gasteiger partial charge in [0.05, 0.1) is 4.92 Å². The summed E-state index contributed by atoms with van der Waals surface area (Å²) < 4.78 is 0.924. The zero-order valence-electron chi connectivity index (χ0n) is 10.8. The number of benzene rings is 2. The lowest BCUT2D eigenvalue weighted by molar-refractivity contribution is -0.384. The molecule has 106 valence electrons. The lowest BCUT2D eigenvalue weighted by Gasteiger charge is -2.01. The first-order valence-electron chi connectivity index (χ1n) is 6.04. The van der Waals surface area contributed by atoms with Gasteiger partial charge in [-0.2, -0.15) is 0 Å². The Labute approximate surface area is 129 Å². The largest absolute Gasteiger partial charge is 0.323 e. The number of nitrogens with zero attached hydrogens (tertiary/aromatic N) is 1. The van der Waals surface area contributed by atoms with Gasteiger partial charge in [0, 0.05) is 28.4 Å². The van der Waals surface area contributed by atoms with Gasteiger partial charge in [-0.05, 0) is 35.9 Å². The fourth-order valence-electron chi connectivity index (χ4n) is 1.63. The molecule has 0 aliphatic carbocycles. The smallest absolute Gasteiger partial charge is 0.270 e. The van der Waals surface area contributed by atoms with E-state index in [9.17, 15) is 14.9 Å². The van der Waals surface area contributed by atoms with Gasteiger partial charge >= 0.3 is 0 Å².